The van der Waals surface area contributed by atoms with Crippen LogP contribution in [-0.4, -0.2) is 24.6 Å². The van der Waals surface area contributed by atoms with Crippen molar-refractivity contribution < 1.29 is 4.74 Å². The highest BCUT2D eigenvalue weighted by Crippen LogP contribution is 2.28. The van der Waals surface area contributed by atoms with Gasteiger partial charge in [-0.1, -0.05) is 44.6 Å². The van der Waals surface area contributed by atoms with Crippen LogP contribution in [0.25, 0.3) is 0 Å². The summed E-state index contributed by atoms with van der Waals surface area (Å²) < 4.78 is 5.63. The Labute approximate surface area is 119 Å². The van der Waals surface area contributed by atoms with Gasteiger partial charge in [-0.3, -0.25) is 0 Å². The van der Waals surface area contributed by atoms with Gasteiger partial charge in [0.2, 0.25) is 0 Å². The van der Waals surface area contributed by atoms with Crippen LogP contribution in [0.1, 0.15) is 58.3 Å². The lowest BCUT2D eigenvalue weighted by molar-refractivity contribution is 0.118. The van der Waals surface area contributed by atoms with Crippen LogP contribution >= 0.6 is 0 Å². The van der Waals surface area contributed by atoms with Gasteiger partial charge in [-0.2, -0.15) is 0 Å². The monoisotopic (exact) mass is 265 g/mol. The molecule has 110 valence electrons. The highest BCUT2D eigenvalue weighted by atomic mass is 16.5. The first-order valence-corrected chi connectivity index (χ1v) is 7.95. The molecule has 0 aliphatic heterocycles. The minimum absolute atomic E-state index is 0.695. The maximum Gasteiger partial charge on any atom is 0.181 e. The maximum absolute atomic E-state index is 5.63. The number of nitrogens with zero attached hydrogens (tertiary/aromatic N) is 1. The molecule has 2 heteroatoms. The average molecular weight is 265 g/mol. The lowest BCUT2D eigenvalue weighted by Crippen LogP contribution is -2.25. The van der Waals surface area contributed by atoms with Crippen LogP contribution in [0, 0.1) is 5.92 Å². The molecule has 0 spiro atoms. The van der Waals surface area contributed by atoms with Crippen LogP contribution in [0.4, 0.5) is 0 Å². The SMILES string of the molecule is C=CCCOC(=C)N(CC)CCCCC1CCCC1. The van der Waals surface area contributed by atoms with Gasteiger partial charge < -0.3 is 9.64 Å². The average Bonchev–Trinajstić information content (AvgIpc) is 2.92. The molecule has 19 heavy (non-hydrogen) atoms. The predicted octanol–water partition coefficient (Wildman–Crippen LogP) is 4.73. The van der Waals surface area contributed by atoms with Crippen molar-refractivity contribution in [3.63, 3.8) is 0 Å². The molecule has 0 saturated heterocycles. The lowest BCUT2D eigenvalue weighted by atomic mass is 10.0. The van der Waals surface area contributed by atoms with Crippen LogP contribution < -0.4 is 0 Å². The molecule has 0 radical (unpaired) electrons. The first-order chi connectivity index (χ1) is 9.27. The summed E-state index contributed by atoms with van der Waals surface area (Å²) in [5.41, 5.74) is 0. The Bertz CT molecular complexity index is 256. The van der Waals surface area contributed by atoms with E-state index in [0.29, 0.717) is 6.61 Å². The van der Waals surface area contributed by atoms with E-state index in [4.69, 9.17) is 4.74 Å². The fourth-order valence-corrected chi connectivity index (χ4v) is 2.85. The second kappa shape index (κ2) is 9.94. The van der Waals surface area contributed by atoms with Gasteiger partial charge in [0.1, 0.15) is 0 Å². The van der Waals surface area contributed by atoms with E-state index in [9.17, 15) is 0 Å². The second-order valence-electron chi connectivity index (χ2n) is 5.55. The van der Waals surface area contributed by atoms with E-state index in [2.05, 4.69) is 25.0 Å². The normalized spacial score (nSPS) is 15.4. The topological polar surface area (TPSA) is 12.5 Å². The summed E-state index contributed by atoms with van der Waals surface area (Å²) in [5, 5.41) is 0. The molecule has 1 rings (SSSR count). The Kier molecular flexibility index (Phi) is 8.44. The molecule has 0 N–H and O–H groups in total. The van der Waals surface area contributed by atoms with Gasteiger partial charge in [-0.05, 0) is 32.3 Å². The van der Waals surface area contributed by atoms with Gasteiger partial charge in [-0.25, -0.2) is 0 Å². The van der Waals surface area contributed by atoms with Gasteiger partial charge in [0, 0.05) is 13.1 Å². The predicted molar refractivity (Wildman–Crippen MR) is 83.0 cm³/mol. The van der Waals surface area contributed by atoms with Gasteiger partial charge >= 0.3 is 0 Å². The molecule has 0 amide bonds. The zero-order chi connectivity index (χ0) is 13.9. The minimum atomic E-state index is 0.695. The third-order valence-electron chi connectivity index (χ3n) is 4.09. The van der Waals surface area contributed by atoms with E-state index in [0.717, 1.165) is 31.3 Å². The molecule has 0 unspecified atom stereocenters. The van der Waals surface area contributed by atoms with Crippen LogP contribution in [0.2, 0.25) is 0 Å². The van der Waals surface area contributed by atoms with Gasteiger partial charge in [0.05, 0.1) is 6.61 Å². The Morgan fingerprint density at radius 1 is 1.32 bits per heavy atom. The number of unbranched alkanes of at least 4 members (excludes halogenated alkanes) is 1. The quantitative estimate of drug-likeness (QED) is 0.304. The Morgan fingerprint density at radius 3 is 2.68 bits per heavy atom. The molecule has 0 atom stereocenters. The van der Waals surface area contributed by atoms with E-state index in [-0.39, 0.29) is 0 Å². The van der Waals surface area contributed by atoms with E-state index in [1.807, 2.05) is 6.08 Å². The summed E-state index contributed by atoms with van der Waals surface area (Å²) in [6.07, 6.45) is 12.6. The second-order valence-corrected chi connectivity index (χ2v) is 5.55. The molecule has 2 nitrogen and oxygen atoms in total. The number of rotatable bonds is 11. The van der Waals surface area contributed by atoms with E-state index < -0.39 is 0 Å². The molecule has 0 aromatic rings. The summed E-state index contributed by atoms with van der Waals surface area (Å²) >= 11 is 0. The summed E-state index contributed by atoms with van der Waals surface area (Å²) in [7, 11) is 0. The van der Waals surface area contributed by atoms with Crippen molar-refractivity contribution in [3.8, 4) is 0 Å². The van der Waals surface area contributed by atoms with Crippen molar-refractivity contribution in [3.05, 3.63) is 25.1 Å². The zero-order valence-corrected chi connectivity index (χ0v) is 12.7. The molecule has 1 saturated carbocycles. The van der Waals surface area contributed by atoms with Crippen LogP contribution in [0.15, 0.2) is 25.1 Å². The minimum Gasteiger partial charge on any atom is -0.479 e. The molecule has 0 bridgehead atoms. The Balaban J connectivity index is 2.09. The first-order valence-electron chi connectivity index (χ1n) is 7.95. The van der Waals surface area contributed by atoms with Crippen molar-refractivity contribution in [1.29, 1.82) is 0 Å². The molecule has 1 aliphatic rings. The summed E-state index contributed by atoms with van der Waals surface area (Å²) in [6, 6.07) is 0. The fourth-order valence-electron chi connectivity index (χ4n) is 2.85. The number of hydrogen-bond acceptors (Lipinski definition) is 2. The standard InChI is InChI=1S/C17H31NO/c1-4-6-15-19-16(3)18(5-2)14-10-9-13-17-11-7-8-12-17/h4,17H,1,3,5-15H2,2H3. The third-order valence-corrected chi connectivity index (χ3v) is 4.09. The number of ether oxygens (including phenoxy) is 1. The maximum atomic E-state index is 5.63. The highest BCUT2D eigenvalue weighted by Gasteiger charge is 2.14. The Morgan fingerprint density at radius 2 is 2.05 bits per heavy atom. The molecule has 1 aliphatic carbocycles. The summed E-state index contributed by atoms with van der Waals surface area (Å²) in [4.78, 5) is 2.25. The molecule has 0 aromatic carbocycles. The molecule has 1 fully saturated rings. The van der Waals surface area contributed by atoms with Crippen molar-refractivity contribution in [2.24, 2.45) is 5.92 Å². The van der Waals surface area contributed by atoms with Gasteiger partial charge in [0.15, 0.2) is 5.88 Å². The lowest BCUT2D eigenvalue weighted by Gasteiger charge is -2.25. The van der Waals surface area contributed by atoms with E-state index >= 15 is 0 Å². The van der Waals surface area contributed by atoms with Crippen molar-refractivity contribution >= 4 is 0 Å². The summed E-state index contributed by atoms with van der Waals surface area (Å²) in [5.74, 6) is 1.84. The molecule has 0 heterocycles. The van der Waals surface area contributed by atoms with Gasteiger partial charge in [-0.15, -0.1) is 6.58 Å². The van der Waals surface area contributed by atoms with Crippen LogP contribution in [0.3, 0.4) is 0 Å². The van der Waals surface area contributed by atoms with E-state index in [1.165, 1.54) is 44.9 Å². The molecule has 0 aromatic heterocycles. The fraction of sp³-hybridized carbons (Fsp3) is 0.765. The van der Waals surface area contributed by atoms with E-state index in [1.54, 1.807) is 0 Å². The van der Waals surface area contributed by atoms with Crippen molar-refractivity contribution in [2.45, 2.75) is 58.3 Å². The third kappa shape index (κ3) is 6.70. The largest absolute Gasteiger partial charge is 0.479 e. The highest BCUT2D eigenvalue weighted by molar-refractivity contribution is 4.83. The van der Waals surface area contributed by atoms with Gasteiger partial charge in [0.25, 0.3) is 0 Å². The first kappa shape index (κ1) is 16.1. The summed E-state index contributed by atoms with van der Waals surface area (Å²) in [6.45, 7) is 12.6. The number of hydrogen-bond donors (Lipinski definition) is 0. The molecular weight excluding hydrogens is 234 g/mol. The zero-order valence-electron chi connectivity index (χ0n) is 12.7. The smallest absolute Gasteiger partial charge is 0.181 e. The van der Waals surface area contributed by atoms with Crippen LogP contribution in [-0.2, 0) is 4.74 Å². The van der Waals surface area contributed by atoms with Crippen LogP contribution in [0.5, 0.6) is 0 Å². The molecular formula is C17H31NO. The van der Waals surface area contributed by atoms with Crippen molar-refractivity contribution in [2.75, 3.05) is 19.7 Å². The van der Waals surface area contributed by atoms with Crippen molar-refractivity contribution in [1.82, 2.24) is 4.90 Å². The Hall–Kier alpha value is -0.920.